The van der Waals surface area contributed by atoms with E-state index in [1.54, 1.807) is 43.3 Å². The molecule has 0 aliphatic heterocycles. The molecule has 1 atom stereocenters. The van der Waals surface area contributed by atoms with E-state index in [0.717, 1.165) is 27.4 Å². The van der Waals surface area contributed by atoms with Crippen molar-refractivity contribution in [1.82, 2.24) is 10.2 Å². The van der Waals surface area contributed by atoms with E-state index in [0.29, 0.717) is 22.8 Å². The SMILES string of the molecule is CCCNC(=O)[C@H](Cc1ccccc1)N(Cc1ccccc1C)C(=O)CN(c1cccc(Cl)c1C)S(=O)(=O)c1ccccc1. The second-order valence-corrected chi connectivity index (χ2v) is 12.9. The van der Waals surface area contributed by atoms with Crippen LogP contribution in [0.5, 0.6) is 0 Å². The van der Waals surface area contributed by atoms with Crippen molar-refractivity contribution in [2.75, 3.05) is 17.4 Å². The van der Waals surface area contributed by atoms with E-state index in [1.807, 2.05) is 68.4 Å². The summed E-state index contributed by atoms with van der Waals surface area (Å²) in [5.41, 5.74) is 3.51. The van der Waals surface area contributed by atoms with Crippen LogP contribution in [0.1, 0.15) is 35.6 Å². The Morgan fingerprint density at radius 1 is 0.841 bits per heavy atom. The quantitative estimate of drug-likeness (QED) is 0.187. The minimum atomic E-state index is -4.20. The summed E-state index contributed by atoms with van der Waals surface area (Å²) in [5, 5.41) is 3.34. The van der Waals surface area contributed by atoms with Crippen molar-refractivity contribution in [2.24, 2.45) is 0 Å². The lowest BCUT2D eigenvalue weighted by Gasteiger charge is -2.34. The molecule has 0 aliphatic carbocycles. The summed E-state index contributed by atoms with van der Waals surface area (Å²) in [4.78, 5) is 29.8. The first-order valence-electron chi connectivity index (χ1n) is 14.6. The van der Waals surface area contributed by atoms with Gasteiger partial charge in [0.25, 0.3) is 10.0 Å². The van der Waals surface area contributed by atoms with Gasteiger partial charge in [-0.2, -0.15) is 0 Å². The lowest BCUT2D eigenvalue weighted by Crippen LogP contribution is -2.53. The van der Waals surface area contributed by atoms with E-state index < -0.39 is 28.5 Å². The predicted molar refractivity (Wildman–Crippen MR) is 176 cm³/mol. The van der Waals surface area contributed by atoms with Crippen LogP contribution in [0.2, 0.25) is 5.02 Å². The Labute approximate surface area is 265 Å². The summed E-state index contributed by atoms with van der Waals surface area (Å²) in [6.07, 6.45) is 0.988. The molecule has 4 aromatic rings. The lowest BCUT2D eigenvalue weighted by atomic mass is 10.0. The Morgan fingerprint density at radius 3 is 2.14 bits per heavy atom. The van der Waals surface area contributed by atoms with Crippen molar-refractivity contribution < 1.29 is 18.0 Å². The molecule has 0 saturated heterocycles. The summed E-state index contributed by atoms with van der Waals surface area (Å²) in [7, 11) is -4.20. The molecule has 1 N–H and O–H groups in total. The minimum absolute atomic E-state index is 0.0409. The van der Waals surface area contributed by atoms with Gasteiger partial charge in [0, 0.05) is 24.5 Å². The molecule has 0 aliphatic rings. The summed E-state index contributed by atoms with van der Waals surface area (Å²) < 4.78 is 29.4. The third-order valence-corrected chi connectivity index (χ3v) is 9.72. The third kappa shape index (κ3) is 7.87. The highest BCUT2D eigenvalue weighted by Gasteiger charge is 2.35. The van der Waals surface area contributed by atoms with E-state index in [-0.39, 0.29) is 23.8 Å². The average molecular weight is 632 g/mol. The van der Waals surface area contributed by atoms with Crippen LogP contribution >= 0.6 is 11.6 Å². The van der Waals surface area contributed by atoms with Gasteiger partial charge in [0.15, 0.2) is 0 Å². The summed E-state index contributed by atoms with van der Waals surface area (Å²) in [6.45, 7) is 5.67. The molecule has 0 spiro atoms. The van der Waals surface area contributed by atoms with Gasteiger partial charge in [-0.05, 0) is 66.8 Å². The maximum Gasteiger partial charge on any atom is 0.264 e. The molecule has 0 saturated carbocycles. The van der Waals surface area contributed by atoms with E-state index >= 15 is 0 Å². The first-order valence-corrected chi connectivity index (χ1v) is 16.4. The van der Waals surface area contributed by atoms with Crippen molar-refractivity contribution in [1.29, 1.82) is 0 Å². The van der Waals surface area contributed by atoms with Crippen LogP contribution in [0, 0.1) is 13.8 Å². The van der Waals surface area contributed by atoms with Crippen LogP contribution < -0.4 is 9.62 Å². The van der Waals surface area contributed by atoms with Crippen molar-refractivity contribution >= 4 is 39.1 Å². The molecule has 0 fully saturated rings. The van der Waals surface area contributed by atoms with Gasteiger partial charge in [-0.15, -0.1) is 0 Å². The first kappa shape index (κ1) is 32.8. The highest BCUT2D eigenvalue weighted by molar-refractivity contribution is 7.92. The molecule has 230 valence electrons. The monoisotopic (exact) mass is 631 g/mol. The zero-order chi connectivity index (χ0) is 31.7. The summed E-state index contributed by atoms with van der Waals surface area (Å²) in [5.74, 6) is -0.811. The standard InChI is InChI=1S/C35H38ClN3O4S/c1-4-22-37-35(41)33(23-28-15-7-5-8-16-28)38(24-29-17-12-11-14-26(29)2)34(40)25-39(32-21-13-20-31(36)27(32)3)44(42,43)30-18-9-6-10-19-30/h5-21,33H,4,22-25H2,1-3H3,(H,37,41)/t33-/m0/s1. The van der Waals surface area contributed by atoms with Gasteiger partial charge >= 0.3 is 0 Å². The summed E-state index contributed by atoms with van der Waals surface area (Å²) >= 11 is 6.44. The number of carbonyl (C=O) groups is 2. The molecule has 9 heteroatoms. The van der Waals surface area contributed by atoms with Gasteiger partial charge in [-0.3, -0.25) is 13.9 Å². The topological polar surface area (TPSA) is 86.8 Å². The fraction of sp³-hybridized carbons (Fsp3) is 0.257. The molecule has 0 heterocycles. The predicted octanol–water partition coefficient (Wildman–Crippen LogP) is 6.32. The van der Waals surface area contributed by atoms with Crippen LogP contribution in [0.25, 0.3) is 0 Å². The average Bonchev–Trinajstić information content (AvgIpc) is 3.03. The Kier molecular flexibility index (Phi) is 11.2. The zero-order valence-corrected chi connectivity index (χ0v) is 26.8. The minimum Gasteiger partial charge on any atom is -0.354 e. The van der Waals surface area contributed by atoms with Crippen molar-refractivity contribution in [3.8, 4) is 0 Å². The maximum absolute atomic E-state index is 14.5. The van der Waals surface area contributed by atoms with E-state index in [2.05, 4.69) is 5.32 Å². The number of halogens is 1. The van der Waals surface area contributed by atoms with Crippen molar-refractivity contribution in [3.63, 3.8) is 0 Å². The molecule has 4 rings (SSSR count). The third-order valence-electron chi connectivity index (χ3n) is 7.54. The van der Waals surface area contributed by atoms with Gasteiger partial charge < -0.3 is 10.2 Å². The Morgan fingerprint density at radius 2 is 1.48 bits per heavy atom. The largest absolute Gasteiger partial charge is 0.354 e. The Hall–Kier alpha value is -4.14. The van der Waals surface area contributed by atoms with Crippen LogP contribution in [0.3, 0.4) is 0 Å². The molecule has 7 nitrogen and oxygen atoms in total. The maximum atomic E-state index is 14.5. The lowest BCUT2D eigenvalue weighted by molar-refractivity contribution is -0.140. The van der Waals surface area contributed by atoms with Crippen LogP contribution in [0.15, 0.2) is 108 Å². The molecule has 0 radical (unpaired) electrons. The Balaban J connectivity index is 1.83. The molecule has 44 heavy (non-hydrogen) atoms. The number of sulfonamides is 1. The normalized spacial score (nSPS) is 11.9. The van der Waals surface area contributed by atoms with E-state index in [4.69, 9.17) is 11.6 Å². The molecule has 0 bridgehead atoms. The number of hydrogen-bond acceptors (Lipinski definition) is 4. The number of nitrogens with zero attached hydrogens (tertiary/aromatic N) is 2. The van der Waals surface area contributed by atoms with Crippen LogP contribution in [-0.4, -0.2) is 44.3 Å². The van der Waals surface area contributed by atoms with E-state index in [9.17, 15) is 18.0 Å². The summed E-state index contributed by atoms with van der Waals surface area (Å²) in [6, 6.07) is 29.2. The molecular formula is C35H38ClN3O4S. The van der Waals surface area contributed by atoms with Crippen molar-refractivity contribution in [3.05, 3.63) is 130 Å². The van der Waals surface area contributed by atoms with Gasteiger partial charge in [0.05, 0.1) is 10.6 Å². The molecule has 0 unspecified atom stereocenters. The number of benzene rings is 4. The van der Waals surface area contributed by atoms with Gasteiger partial charge in [0.2, 0.25) is 11.8 Å². The van der Waals surface area contributed by atoms with Gasteiger partial charge in [-0.1, -0.05) is 97.4 Å². The number of anilines is 1. The highest BCUT2D eigenvalue weighted by Crippen LogP contribution is 2.31. The number of amides is 2. The number of carbonyl (C=O) groups excluding carboxylic acids is 2. The second kappa shape index (κ2) is 15.0. The Bertz CT molecular complexity index is 1680. The van der Waals surface area contributed by atoms with Gasteiger partial charge in [0.1, 0.15) is 12.6 Å². The fourth-order valence-corrected chi connectivity index (χ4v) is 6.65. The molecule has 2 amide bonds. The second-order valence-electron chi connectivity index (χ2n) is 10.7. The number of nitrogens with one attached hydrogen (secondary N) is 1. The smallest absolute Gasteiger partial charge is 0.264 e. The molecule has 0 aromatic heterocycles. The molecular weight excluding hydrogens is 594 g/mol. The van der Waals surface area contributed by atoms with Crippen molar-refractivity contribution in [2.45, 2.75) is 51.1 Å². The highest BCUT2D eigenvalue weighted by atomic mass is 35.5. The number of aryl methyl sites for hydroxylation is 1. The molecule has 4 aromatic carbocycles. The first-order chi connectivity index (χ1) is 21.1. The van der Waals surface area contributed by atoms with Crippen LogP contribution in [-0.2, 0) is 32.6 Å². The fourth-order valence-electron chi connectivity index (χ4n) is 4.99. The van der Waals surface area contributed by atoms with E-state index in [1.165, 1.54) is 17.0 Å². The zero-order valence-electron chi connectivity index (χ0n) is 25.2. The van der Waals surface area contributed by atoms with Crippen LogP contribution in [0.4, 0.5) is 5.69 Å². The number of hydrogen-bond donors (Lipinski definition) is 1. The van der Waals surface area contributed by atoms with Gasteiger partial charge in [-0.25, -0.2) is 8.42 Å². The number of rotatable bonds is 13.